The molecule has 21 heavy (non-hydrogen) atoms. The maximum atomic E-state index is 13.0. The highest BCUT2D eigenvalue weighted by Crippen LogP contribution is 2.34. The van der Waals surface area contributed by atoms with Crippen LogP contribution < -0.4 is 10.0 Å². The summed E-state index contributed by atoms with van der Waals surface area (Å²) in [4.78, 5) is 4.04. The van der Waals surface area contributed by atoms with Gasteiger partial charge in [-0.05, 0) is 37.8 Å². The first kappa shape index (κ1) is 14.3. The summed E-state index contributed by atoms with van der Waals surface area (Å²) in [6, 6.07) is 7.69. The number of nitrogens with two attached hydrogens (primary N) is 1. The number of anilines is 2. The van der Waals surface area contributed by atoms with Gasteiger partial charge in [-0.3, -0.25) is 4.31 Å². The van der Waals surface area contributed by atoms with Crippen LogP contribution in [-0.4, -0.2) is 19.9 Å². The van der Waals surface area contributed by atoms with E-state index in [1.165, 1.54) is 4.31 Å². The number of nitrogens with zero attached hydrogens (tertiary/aromatic N) is 2. The van der Waals surface area contributed by atoms with Crippen molar-refractivity contribution in [1.82, 2.24) is 4.98 Å². The van der Waals surface area contributed by atoms with Gasteiger partial charge in [0.25, 0.3) is 10.0 Å². The molecule has 0 saturated carbocycles. The third kappa shape index (κ3) is 2.51. The van der Waals surface area contributed by atoms with Gasteiger partial charge in [-0.25, -0.2) is 13.4 Å². The van der Waals surface area contributed by atoms with Gasteiger partial charge in [-0.1, -0.05) is 29.5 Å². The lowest BCUT2D eigenvalue weighted by molar-refractivity contribution is 0.590. The van der Waals surface area contributed by atoms with Crippen molar-refractivity contribution in [2.75, 3.05) is 16.6 Å². The second-order valence-corrected chi connectivity index (χ2v) is 8.18. The third-order valence-electron chi connectivity index (χ3n) is 3.61. The highest BCUT2D eigenvalue weighted by molar-refractivity contribution is 7.94. The number of aromatic nitrogens is 1. The van der Waals surface area contributed by atoms with Crippen LogP contribution in [0.5, 0.6) is 0 Å². The molecule has 0 atom stereocenters. The Labute approximate surface area is 128 Å². The van der Waals surface area contributed by atoms with Gasteiger partial charge in [0, 0.05) is 6.54 Å². The molecule has 2 heterocycles. The summed E-state index contributed by atoms with van der Waals surface area (Å²) in [6.45, 7) is 2.18. The van der Waals surface area contributed by atoms with Crippen molar-refractivity contribution in [3.8, 4) is 0 Å². The van der Waals surface area contributed by atoms with Crippen LogP contribution in [0.3, 0.4) is 0 Å². The number of rotatable bonds is 2. The summed E-state index contributed by atoms with van der Waals surface area (Å²) in [7, 11) is -3.60. The van der Waals surface area contributed by atoms with Crippen LogP contribution in [0.15, 0.2) is 28.5 Å². The van der Waals surface area contributed by atoms with Gasteiger partial charge in [-0.2, -0.15) is 0 Å². The quantitative estimate of drug-likeness (QED) is 0.921. The van der Waals surface area contributed by atoms with Gasteiger partial charge in [-0.15, -0.1) is 0 Å². The molecule has 0 spiro atoms. The van der Waals surface area contributed by atoms with E-state index in [2.05, 4.69) is 4.98 Å². The van der Waals surface area contributed by atoms with Crippen molar-refractivity contribution >= 4 is 32.2 Å². The summed E-state index contributed by atoms with van der Waals surface area (Å²) in [6.07, 6.45) is 2.75. The van der Waals surface area contributed by atoms with E-state index in [0.29, 0.717) is 12.2 Å². The number of benzene rings is 1. The fourth-order valence-electron chi connectivity index (χ4n) is 2.65. The Balaban J connectivity index is 2.13. The fourth-order valence-corrected chi connectivity index (χ4v) is 5.59. The number of nitrogen functional groups attached to an aromatic ring is 1. The number of fused-ring (bicyclic) bond motifs is 1. The summed E-state index contributed by atoms with van der Waals surface area (Å²) >= 11 is 1.03. The number of hydrogen-bond donors (Lipinski definition) is 1. The second kappa shape index (κ2) is 5.31. The molecule has 0 bridgehead atoms. The molecule has 0 aliphatic carbocycles. The van der Waals surface area contributed by atoms with Gasteiger partial charge < -0.3 is 5.73 Å². The monoisotopic (exact) mass is 323 g/mol. The van der Waals surface area contributed by atoms with Crippen molar-refractivity contribution in [3.63, 3.8) is 0 Å². The van der Waals surface area contributed by atoms with Crippen LogP contribution in [0.2, 0.25) is 0 Å². The lowest BCUT2D eigenvalue weighted by Gasteiger charge is -2.23. The minimum atomic E-state index is -3.60. The fraction of sp³-hybridized carbons (Fsp3) is 0.357. The molecule has 3 rings (SSSR count). The van der Waals surface area contributed by atoms with Gasteiger partial charge in [0.15, 0.2) is 9.34 Å². The smallest absolute Gasteiger partial charge is 0.275 e. The van der Waals surface area contributed by atoms with Crippen LogP contribution in [0.1, 0.15) is 24.1 Å². The average molecular weight is 323 g/mol. The minimum Gasteiger partial charge on any atom is -0.375 e. The topological polar surface area (TPSA) is 76.3 Å². The number of para-hydroxylation sites is 1. The Hall–Kier alpha value is -1.60. The molecule has 5 nitrogen and oxygen atoms in total. The van der Waals surface area contributed by atoms with E-state index in [0.717, 1.165) is 41.9 Å². The van der Waals surface area contributed by atoms with Gasteiger partial charge >= 0.3 is 0 Å². The van der Waals surface area contributed by atoms with Crippen molar-refractivity contribution in [2.45, 2.75) is 30.4 Å². The molecule has 7 heteroatoms. The molecule has 0 fully saturated rings. The van der Waals surface area contributed by atoms with E-state index in [1.54, 1.807) is 6.92 Å². The Kier molecular flexibility index (Phi) is 3.62. The molecule has 2 aromatic rings. The molecule has 0 radical (unpaired) electrons. The van der Waals surface area contributed by atoms with Crippen molar-refractivity contribution in [1.29, 1.82) is 0 Å². The first-order chi connectivity index (χ1) is 10.00. The van der Waals surface area contributed by atoms with Crippen LogP contribution in [0.4, 0.5) is 10.8 Å². The maximum absolute atomic E-state index is 13.0. The summed E-state index contributed by atoms with van der Waals surface area (Å²) in [5.41, 5.74) is 7.98. The first-order valence-electron chi connectivity index (χ1n) is 6.83. The van der Waals surface area contributed by atoms with Crippen molar-refractivity contribution in [3.05, 3.63) is 35.5 Å². The van der Waals surface area contributed by atoms with Gasteiger partial charge in [0.2, 0.25) is 0 Å². The molecular weight excluding hydrogens is 306 g/mol. The van der Waals surface area contributed by atoms with E-state index in [1.807, 2.05) is 24.3 Å². The normalized spacial score (nSPS) is 15.6. The summed E-state index contributed by atoms with van der Waals surface area (Å²) in [5.74, 6) is 0. The van der Waals surface area contributed by atoms with E-state index >= 15 is 0 Å². The third-order valence-corrected chi connectivity index (χ3v) is 7.00. The lowest BCUT2D eigenvalue weighted by Crippen LogP contribution is -2.31. The zero-order valence-corrected chi connectivity index (χ0v) is 13.4. The molecule has 1 aliphatic rings. The van der Waals surface area contributed by atoms with E-state index in [4.69, 9.17) is 5.73 Å². The SMILES string of the molecule is Cc1nc(N)sc1S(=O)(=O)N1CCCCc2ccccc21. The average Bonchev–Trinajstić information content (AvgIpc) is 2.68. The molecular formula is C14H17N3O2S2. The van der Waals surface area contributed by atoms with E-state index in [9.17, 15) is 8.42 Å². The number of thiazole rings is 1. The predicted molar refractivity (Wildman–Crippen MR) is 85.2 cm³/mol. The molecule has 0 unspecified atom stereocenters. The molecule has 2 N–H and O–H groups in total. The first-order valence-corrected chi connectivity index (χ1v) is 9.09. The standard InChI is InChI=1S/C14H17N3O2S2/c1-10-13(20-14(15)16-10)21(18,19)17-9-5-4-7-11-6-2-3-8-12(11)17/h2-3,6,8H,4-5,7,9H2,1H3,(H2,15,16). The largest absolute Gasteiger partial charge is 0.375 e. The minimum absolute atomic E-state index is 0.247. The second-order valence-electron chi connectivity index (χ2n) is 5.09. The molecule has 1 aliphatic heterocycles. The summed E-state index contributed by atoms with van der Waals surface area (Å²) < 4.78 is 27.7. The Morgan fingerprint density at radius 2 is 2.05 bits per heavy atom. The molecule has 1 aromatic carbocycles. The Morgan fingerprint density at radius 3 is 2.76 bits per heavy atom. The number of aryl methyl sites for hydroxylation is 2. The van der Waals surface area contributed by atoms with Crippen LogP contribution >= 0.6 is 11.3 Å². The van der Waals surface area contributed by atoms with E-state index < -0.39 is 10.0 Å². The zero-order chi connectivity index (χ0) is 15.0. The van der Waals surface area contributed by atoms with Crippen LogP contribution in [-0.2, 0) is 16.4 Å². The lowest BCUT2D eigenvalue weighted by atomic mass is 10.1. The van der Waals surface area contributed by atoms with Gasteiger partial charge in [0.05, 0.1) is 11.4 Å². The predicted octanol–water partition coefficient (Wildman–Crippen LogP) is 2.57. The van der Waals surface area contributed by atoms with E-state index in [-0.39, 0.29) is 9.34 Å². The Bertz CT molecular complexity index is 768. The molecule has 0 saturated heterocycles. The highest BCUT2D eigenvalue weighted by Gasteiger charge is 2.31. The zero-order valence-electron chi connectivity index (χ0n) is 11.7. The summed E-state index contributed by atoms with van der Waals surface area (Å²) in [5, 5.41) is 0.286. The maximum Gasteiger partial charge on any atom is 0.275 e. The number of sulfonamides is 1. The molecule has 0 amide bonds. The number of hydrogen-bond acceptors (Lipinski definition) is 5. The van der Waals surface area contributed by atoms with Crippen LogP contribution in [0.25, 0.3) is 0 Å². The van der Waals surface area contributed by atoms with Crippen molar-refractivity contribution < 1.29 is 8.42 Å². The Morgan fingerprint density at radius 1 is 1.29 bits per heavy atom. The molecule has 1 aromatic heterocycles. The van der Waals surface area contributed by atoms with Crippen LogP contribution in [0, 0.1) is 6.92 Å². The van der Waals surface area contributed by atoms with Crippen molar-refractivity contribution in [2.24, 2.45) is 0 Å². The highest BCUT2D eigenvalue weighted by atomic mass is 32.2. The van der Waals surface area contributed by atoms with Gasteiger partial charge in [0.1, 0.15) is 0 Å². The molecule has 112 valence electrons.